The quantitative estimate of drug-likeness (QED) is 0.679. The largest absolute Gasteiger partial charge is 0.325 e. The number of carbonyl (C=O) groups is 3. The SMILES string of the molecule is O=C(CN1C(=O)N[C@@]2(CCc3ccccc32)C1=O)c1ccc(F)c(F)c1. The van der Waals surface area contributed by atoms with Crippen LogP contribution in [0.25, 0.3) is 0 Å². The van der Waals surface area contributed by atoms with Crippen molar-refractivity contribution < 1.29 is 23.2 Å². The summed E-state index contributed by atoms with van der Waals surface area (Å²) in [6.45, 7) is -0.528. The maximum Gasteiger partial charge on any atom is 0.325 e. The summed E-state index contributed by atoms with van der Waals surface area (Å²) in [7, 11) is 0. The van der Waals surface area contributed by atoms with E-state index in [0.717, 1.165) is 34.2 Å². The molecule has 0 radical (unpaired) electrons. The van der Waals surface area contributed by atoms with Crippen molar-refractivity contribution in [1.29, 1.82) is 0 Å². The van der Waals surface area contributed by atoms with E-state index in [4.69, 9.17) is 0 Å². The monoisotopic (exact) mass is 356 g/mol. The molecule has 0 aromatic heterocycles. The molecule has 7 heteroatoms. The number of benzene rings is 2. The Kier molecular flexibility index (Phi) is 3.61. The Labute approximate surface area is 147 Å². The van der Waals surface area contributed by atoms with Gasteiger partial charge in [-0.05, 0) is 42.2 Å². The van der Waals surface area contributed by atoms with E-state index < -0.39 is 41.4 Å². The fourth-order valence-corrected chi connectivity index (χ4v) is 3.64. The molecule has 132 valence electrons. The second-order valence-corrected chi connectivity index (χ2v) is 6.44. The van der Waals surface area contributed by atoms with Crippen molar-refractivity contribution in [2.45, 2.75) is 18.4 Å². The van der Waals surface area contributed by atoms with Gasteiger partial charge in [-0.25, -0.2) is 13.6 Å². The Morgan fingerprint density at radius 2 is 1.88 bits per heavy atom. The molecule has 0 unspecified atom stereocenters. The Morgan fingerprint density at radius 3 is 2.65 bits per heavy atom. The number of carbonyl (C=O) groups excluding carboxylic acids is 3. The minimum Gasteiger partial charge on any atom is -0.319 e. The summed E-state index contributed by atoms with van der Waals surface area (Å²) in [6.07, 6.45) is 1.07. The van der Waals surface area contributed by atoms with Crippen molar-refractivity contribution in [3.63, 3.8) is 0 Å². The van der Waals surface area contributed by atoms with E-state index in [1.807, 2.05) is 12.1 Å². The van der Waals surface area contributed by atoms with Crippen LogP contribution in [-0.2, 0) is 16.8 Å². The Morgan fingerprint density at radius 1 is 1.12 bits per heavy atom. The summed E-state index contributed by atoms with van der Waals surface area (Å²) >= 11 is 0. The van der Waals surface area contributed by atoms with E-state index >= 15 is 0 Å². The molecular weight excluding hydrogens is 342 g/mol. The van der Waals surface area contributed by atoms with Crippen LogP contribution in [0.4, 0.5) is 13.6 Å². The molecule has 1 N–H and O–H groups in total. The van der Waals surface area contributed by atoms with Crippen LogP contribution in [0, 0.1) is 11.6 Å². The standard InChI is InChI=1S/C19H14F2N2O3/c20-14-6-5-12(9-15(14)21)16(24)10-23-17(25)19(22-18(23)26)8-7-11-3-1-2-4-13(11)19/h1-6,9H,7-8,10H2,(H,22,26)/t19-/m1/s1. The van der Waals surface area contributed by atoms with Gasteiger partial charge in [0.05, 0.1) is 6.54 Å². The highest BCUT2D eigenvalue weighted by molar-refractivity contribution is 6.11. The third-order valence-corrected chi connectivity index (χ3v) is 4.97. The molecule has 0 bridgehead atoms. The first-order valence-electron chi connectivity index (χ1n) is 8.13. The van der Waals surface area contributed by atoms with Gasteiger partial charge in [-0.3, -0.25) is 14.5 Å². The number of amides is 3. The van der Waals surface area contributed by atoms with E-state index in [-0.39, 0.29) is 5.56 Å². The Bertz CT molecular complexity index is 960. The van der Waals surface area contributed by atoms with Gasteiger partial charge < -0.3 is 5.32 Å². The van der Waals surface area contributed by atoms with Crippen molar-refractivity contribution in [2.24, 2.45) is 0 Å². The van der Waals surface area contributed by atoms with E-state index in [1.165, 1.54) is 0 Å². The third kappa shape index (κ3) is 2.31. The zero-order valence-electron chi connectivity index (χ0n) is 13.6. The highest BCUT2D eigenvalue weighted by atomic mass is 19.2. The van der Waals surface area contributed by atoms with Crippen LogP contribution in [-0.4, -0.2) is 29.2 Å². The Hall–Kier alpha value is -3.09. The minimum atomic E-state index is -1.16. The summed E-state index contributed by atoms with van der Waals surface area (Å²) < 4.78 is 26.3. The van der Waals surface area contributed by atoms with Gasteiger partial charge in [0.2, 0.25) is 0 Å². The lowest BCUT2D eigenvalue weighted by atomic mass is 9.92. The van der Waals surface area contributed by atoms with Gasteiger partial charge in [0.15, 0.2) is 17.4 Å². The first kappa shape index (κ1) is 16.4. The number of aryl methyl sites for hydroxylation is 1. The minimum absolute atomic E-state index is 0.0997. The number of fused-ring (bicyclic) bond motifs is 2. The maximum absolute atomic E-state index is 13.3. The molecule has 1 aliphatic heterocycles. The normalized spacial score (nSPS) is 21.2. The van der Waals surface area contributed by atoms with Crippen molar-refractivity contribution in [3.8, 4) is 0 Å². The smallest absolute Gasteiger partial charge is 0.319 e. The van der Waals surface area contributed by atoms with Crippen LogP contribution < -0.4 is 5.32 Å². The molecule has 1 fully saturated rings. The number of hydrogen-bond acceptors (Lipinski definition) is 3. The number of hydrogen-bond donors (Lipinski definition) is 1. The molecule has 1 saturated heterocycles. The highest BCUT2D eigenvalue weighted by Crippen LogP contribution is 2.41. The number of Topliss-reactive ketones (excluding diaryl/α,β-unsaturated/α-hetero) is 1. The lowest BCUT2D eigenvalue weighted by Gasteiger charge is -2.22. The first-order chi connectivity index (χ1) is 12.4. The third-order valence-electron chi connectivity index (χ3n) is 4.97. The van der Waals surface area contributed by atoms with Gasteiger partial charge in [-0.15, -0.1) is 0 Å². The van der Waals surface area contributed by atoms with Crippen LogP contribution in [0.2, 0.25) is 0 Å². The highest BCUT2D eigenvalue weighted by Gasteiger charge is 2.55. The summed E-state index contributed by atoms with van der Waals surface area (Å²) in [5, 5.41) is 2.71. The number of imide groups is 1. The van der Waals surface area contributed by atoms with Crippen LogP contribution in [0.15, 0.2) is 42.5 Å². The van der Waals surface area contributed by atoms with Crippen molar-refractivity contribution in [2.75, 3.05) is 6.54 Å². The first-order valence-corrected chi connectivity index (χ1v) is 8.13. The van der Waals surface area contributed by atoms with Crippen LogP contribution in [0.1, 0.15) is 27.9 Å². The van der Waals surface area contributed by atoms with E-state index in [1.54, 1.807) is 12.1 Å². The number of nitrogens with one attached hydrogen (secondary N) is 1. The van der Waals surface area contributed by atoms with E-state index in [9.17, 15) is 23.2 Å². The number of nitrogens with zero attached hydrogens (tertiary/aromatic N) is 1. The average molecular weight is 356 g/mol. The van der Waals surface area contributed by atoms with Gasteiger partial charge in [-0.1, -0.05) is 24.3 Å². The number of rotatable bonds is 3. The molecule has 2 aromatic rings. The van der Waals surface area contributed by atoms with E-state index in [2.05, 4.69) is 5.32 Å². The molecule has 5 nitrogen and oxygen atoms in total. The molecule has 26 heavy (non-hydrogen) atoms. The van der Waals surface area contributed by atoms with Crippen LogP contribution >= 0.6 is 0 Å². The molecule has 4 rings (SSSR count). The zero-order chi connectivity index (χ0) is 18.5. The number of urea groups is 1. The van der Waals surface area contributed by atoms with Crippen molar-refractivity contribution in [3.05, 3.63) is 70.8 Å². The molecule has 3 amide bonds. The van der Waals surface area contributed by atoms with Crippen molar-refractivity contribution >= 4 is 17.7 Å². The fourth-order valence-electron chi connectivity index (χ4n) is 3.64. The lowest BCUT2D eigenvalue weighted by Crippen LogP contribution is -2.42. The Balaban J connectivity index is 1.61. The summed E-state index contributed by atoms with van der Waals surface area (Å²) in [5.74, 6) is -3.37. The molecular formula is C19H14F2N2O3. The molecule has 1 spiro atoms. The fraction of sp³-hybridized carbons (Fsp3) is 0.211. The van der Waals surface area contributed by atoms with Gasteiger partial charge in [0.1, 0.15) is 5.54 Å². The molecule has 1 heterocycles. The predicted molar refractivity (Wildman–Crippen MR) is 87.4 cm³/mol. The van der Waals surface area contributed by atoms with Gasteiger partial charge in [-0.2, -0.15) is 0 Å². The molecule has 1 atom stereocenters. The zero-order valence-corrected chi connectivity index (χ0v) is 13.6. The topological polar surface area (TPSA) is 66.5 Å². The number of halogens is 2. The maximum atomic E-state index is 13.3. The van der Waals surface area contributed by atoms with Gasteiger partial charge in [0, 0.05) is 5.56 Å². The molecule has 2 aliphatic rings. The van der Waals surface area contributed by atoms with Crippen LogP contribution in [0.3, 0.4) is 0 Å². The summed E-state index contributed by atoms with van der Waals surface area (Å²) in [5.41, 5.74) is 0.468. The van der Waals surface area contributed by atoms with Crippen molar-refractivity contribution in [1.82, 2.24) is 10.2 Å². The average Bonchev–Trinajstić information content (AvgIpc) is 3.11. The van der Waals surface area contributed by atoms with Gasteiger partial charge in [0.25, 0.3) is 5.91 Å². The lowest BCUT2D eigenvalue weighted by molar-refractivity contribution is -0.131. The second kappa shape index (κ2) is 5.72. The summed E-state index contributed by atoms with van der Waals surface area (Å²) in [4.78, 5) is 38.5. The van der Waals surface area contributed by atoms with Gasteiger partial charge >= 0.3 is 6.03 Å². The molecule has 2 aromatic carbocycles. The van der Waals surface area contributed by atoms with Crippen LogP contribution in [0.5, 0.6) is 0 Å². The molecule has 0 saturated carbocycles. The second-order valence-electron chi connectivity index (χ2n) is 6.44. The number of ketones is 1. The molecule has 1 aliphatic carbocycles. The van der Waals surface area contributed by atoms with E-state index in [0.29, 0.717) is 12.8 Å². The summed E-state index contributed by atoms with van der Waals surface area (Å²) in [6, 6.07) is 9.41. The predicted octanol–water partition coefficient (Wildman–Crippen LogP) is 2.54.